The van der Waals surface area contributed by atoms with Gasteiger partial charge in [0, 0.05) is 11.1 Å². The highest BCUT2D eigenvalue weighted by molar-refractivity contribution is 7.92. The van der Waals surface area contributed by atoms with E-state index in [0.717, 1.165) is 0 Å². The second-order valence-corrected chi connectivity index (χ2v) is 8.72. The Morgan fingerprint density at radius 1 is 1.29 bits per heavy atom. The molecule has 0 aromatic heterocycles. The van der Waals surface area contributed by atoms with Gasteiger partial charge in [0.05, 0.1) is 23.2 Å². The van der Waals surface area contributed by atoms with E-state index in [-0.39, 0.29) is 29.4 Å². The molecule has 0 heterocycles. The fourth-order valence-corrected chi connectivity index (χ4v) is 2.67. The summed E-state index contributed by atoms with van der Waals surface area (Å²) in [5, 5.41) is 0.337. The molecule has 1 rings (SSSR count). The van der Waals surface area contributed by atoms with Gasteiger partial charge < -0.3 is 9.47 Å². The van der Waals surface area contributed by atoms with Gasteiger partial charge in [-0.2, -0.15) is 0 Å². The number of benzene rings is 1. The first-order valence-corrected chi connectivity index (χ1v) is 8.33. The van der Waals surface area contributed by atoms with E-state index in [0.29, 0.717) is 11.3 Å². The highest BCUT2D eigenvalue weighted by atomic mass is 35.5. The van der Waals surface area contributed by atoms with Crippen LogP contribution in [0.5, 0.6) is 11.5 Å². The molecule has 0 unspecified atom stereocenters. The zero-order valence-electron chi connectivity index (χ0n) is 12.5. The molecule has 0 atom stereocenters. The number of sulfone groups is 1. The molecule has 0 amide bonds. The molecule has 0 aliphatic heterocycles. The SMILES string of the molecule is COc1cc(Cl)cc(C=O)c1OCCS(=O)(=O)C(C)(C)C. The Balaban J connectivity index is 2.93. The van der Waals surface area contributed by atoms with Crippen molar-refractivity contribution >= 4 is 27.7 Å². The van der Waals surface area contributed by atoms with Crippen LogP contribution in [-0.2, 0) is 9.84 Å². The van der Waals surface area contributed by atoms with Crippen LogP contribution in [0.3, 0.4) is 0 Å². The Kier molecular flexibility index (Phi) is 5.64. The van der Waals surface area contributed by atoms with Crippen molar-refractivity contribution in [2.24, 2.45) is 0 Å². The molecule has 0 aliphatic rings. The highest BCUT2D eigenvalue weighted by Crippen LogP contribution is 2.33. The smallest absolute Gasteiger partial charge is 0.171 e. The van der Waals surface area contributed by atoms with E-state index < -0.39 is 14.6 Å². The summed E-state index contributed by atoms with van der Waals surface area (Å²) in [6.45, 7) is 4.81. The van der Waals surface area contributed by atoms with E-state index >= 15 is 0 Å². The second kappa shape index (κ2) is 6.66. The van der Waals surface area contributed by atoms with Crippen LogP contribution in [0.25, 0.3) is 0 Å². The van der Waals surface area contributed by atoms with Crippen LogP contribution in [0.2, 0.25) is 5.02 Å². The van der Waals surface area contributed by atoms with Gasteiger partial charge in [0.2, 0.25) is 0 Å². The fraction of sp³-hybridized carbons (Fsp3) is 0.500. The number of hydrogen-bond acceptors (Lipinski definition) is 5. The number of aldehydes is 1. The van der Waals surface area contributed by atoms with Crippen molar-refractivity contribution in [1.82, 2.24) is 0 Å². The minimum absolute atomic E-state index is 0.0710. The Labute approximate surface area is 130 Å². The molecule has 0 radical (unpaired) electrons. The van der Waals surface area contributed by atoms with Crippen LogP contribution in [0.1, 0.15) is 31.1 Å². The normalized spacial score (nSPS) is 12.0. The molecule has 5 nitrogen and oxygen atoms in total. The quantitative estimate of drug-likeness (QED) is 0.748. The lowest BCUT2D eigenvalue weighted by Gasteiger charge is -2.19. The Hall–Kier alpha value is -1.27. The summed E-state index contributed by atoms with van der Waals surface area (Å²) in [5.41, 5.74) is 0.215. The van der Waals surface area contributed by atoms with Crippen LogP contribution in [-0.4, -0.2) is 38.9 Å². The van der Waals surface area contributed by atoms with Gasteiger partial charge in [-0.3, -0.25) is 4.79 Å². The third kappa shape index (κ3) is 4.35. The van der Waals surface area contributed by atoms with Gasteiger partial charge in [0.1, 0.15) is 6.61 Å². The van der Waals surface area contributed by atoms with Gasteiger partial charge in [0.25, 0.3) is 0 Å². The maximum atomic E-state index is 12.0. The minimum Gasteiger partial charge on any atom is -0.493 e. The first-order valence-electron chi connectivity index (χ1n) is 6.30. The fourth-order valence-electron chi connectivity index (χ4n) is 1.54. The van der Waals surface area contributed by atoms with Crippen LogP contribution < -0.4 is 9.47 Å². The molecule has 1 aromatic rings. The topological polar surface area (TPSA) is 69.7 Å². The number of methoxy groups -OCH3 is 1. The van der Waals surface area contributed by atoms with Crippen molar-refractivity contribution in [2.45, 2.75) is 25.5 Å². The molecule has 0 fully saturated rings. The van der Waals surface area contributed by atoms with Crippen molar-refractivity contribution in [1.29, 1.82) is 0 Å². The van der Waals surface area contributed by atoms with E-state index in [4.69, 9.17) is 21.1 Å². The monoisotopic (exact) mass is 334 g/mol. The molecule has 0 saturated heterocycles. The first kappa shape index (κ1) is 17.8. The minimum atomic E-state index is -3.30. The number of rotatable bonds is 6. The summed E-state index contributed by atoms with van der Waals surface area (Å²) in [6.07, 6.45) is 0.585. The van der Waals surface area contributed by atoms with Crippen LogP contribution in [0.4, 0.5) is 0 Å². The summed E-state index contributed by atoms with van der Waals surface area (Å²) in [6, 6.07) is 2.94. The van der Waals surface area contributed by atoms with E-state index in [2.05, 4.69) is 0 Å². The van der Waals surface area contributed by atoms with Gasteiger partial charge in [-0.1, -0.05) is 11.6 Å². The predicted molar refractivity (Wildman–Crippen MR) is 82.4 cm³/mol. The molecule has 21 heavy (non-hydrogen) atoms. The van der Waals surface area contributed by atoms with E-state index in [9.17, 15) is 13.2 Å². The van der Waals surface area contributed by atoms with E-state index in [1.54, 1.807) is 20.8 Å². The Morgan fingerprint density at radius 3 is 2.38 bits per heavy atom. The van der Waals surface area contributed by atoms with Crippen LogP contribution in [0, 0.1) is 0 Å². The molecule has 0 spiro atoms. The molecule has 0 saturated carbocycles. The maximum absolute atomic E-state index is 12.0. The van der Waals surface area contributed by atoms with Crippen molar-refractivity contribution in [3.8, 4) is 11.5 Å². The lowest BCUT2D eigenvalue weighted by Crippen LogP contribution is -2.32. The maximum Gasteiger partial charge on any atom is 0.171 e. The van der Waals surface area contributed by atoms with Crippen LogP contribution in [0.15, 0.2) is 12.1 Å². The molecule has 0 bridgehead atoms. The number of carbonyl (C=O) groups excluding carboxylic acids is 1. The molecule has 0 aliphatic carbocycles. The Morgan fingerprint density at radius 2 is 1.90 bits per heavy atom. The van der Waals surface area contributed by atoms with Gasteiger partial charge >= 0.3 is 0 Å². The molecular formula is C14H19ClO5S. The summed E-state index contributed by atoms with van der Waals surface area (Å²) in [4.78, 5) is 11.1. The number of hydrogen-bond donors (Lipinski definition) is 0. The molecule has 0 N–H and O–H groups in total. The van der Waals surface area contributed by atoms with Crippen molar-refractivity contribution < 1.29 is 22.7 Å². The van der Waals surface area contributed by atoms with Gasteiger partial charge in [-0.25, -0.2) is 8.42 Å². The average molecular weight is 335 g/mol. The summed E-state index contributed by atoms with van der Waals surface area (Å²) in [7, 11) is -1.88. The number of carbonyl (C=O) groups is 1. The van der Waals surface area contributed by atoms with Crippen LogP contribution >= 0.6 is 11.6 Å². The summed E-state index contributed by atoms with van der Waals surface area (Å²) in [5.74, 6) is 0.333. The van der Waals surface area contributed by atoms with E-state index in [1.165, 1.54) is 19.2 Å². The first-order chi connectivity index (χ1) is 9.62. The Bertz CT molecular complexity index is 617. The van der Waals surface area contributed by atoms with Crippen molar-refractivity contribution in [3.63, 3.8) is 0 Å². The third-order valence-corrected chi connectivity index (χ3v) is 5.72. The van der Waals surface area contributed by atoms with Crippen molar-refractivity contribution in [3.05, 3.63) is 22.7 Å². The molecule has 1 aromatic carbocycles. The number of ether oxygens (including phenoxy) is 2. The largest absolute Gasteiger partial charge is 0.493 e. The summed E-state index contributed by atoms with van der Waals surface area (Å²) < 4.78 is 33.7. The lowest BCUT2D eigenvalue weighted by molar-refractivity contribution is 0.111. The third-order valence-electron chi connectivity index (χ3n) is 2.93. The number of halogens is 1. The standard InChI is InChI=1S/C14H19ClO5S/c1-14(2,3)21(17,18)6-5-20-13-10(9-16)7-11(15)8-12(13)19-4/h7-9H,5-6H2,1-4H3. The average Bonchev–Trinajstić information content (AvgIpc) is 2.38. The van der Waals surface area contributed by atoms with Gasteiger partial charge in [0.15, 0.2) is 27.6 Å². The zero-order chi connectivity index (χ0) is 16.3. The molecule has 118 valence electrons. The predicted octanol–water partition coefficient (Wildman–Crippen LogP) is 2.75. The molecule has 7 heteroatoms. The van der Waals surface area contributed by atoms with Crippen molar-refractivity contribution in [2.75, 3.05) is 19.5 Å². The zero-order valence-corrected chi connectivity index (χ0v) is 14.0. The second-order valence-electron chi connectivity index (χ2n) is 5.42. The highest BCUT2D eigenvalue weighted by Gasteiger charge is 2.28. The summed E-state index contributed by atoms with van der Waals surface area (Å²) >= 11 is 5.86. The van der Waals surface area contributed by atoms with E-state index in [1.807, 2.05) is 0 Å². The van der Waals surface area contributed by atoms with Gasteiger partial charge in [-0.05, 0) is 26.8 Å². The lowest BCUT2D eigenvalue weighted by atomic mass is 10.2. The van der Waals surface area contributed by atoms with Gasteiger partial charge in [-0.15, -0.1) is 0 Å². The molecular weight excluding hydrogens is 316 g/mol.